The standard InChI is InChI=1S/C15H12F3NO3.Na/c1-22-12-7-3-6-11(14(20)21)13(12)19-10-5-2-4-9(8-10)15(16,17)18;/h2-8,19H,1H3,(H,20,21);/q;+1/p-1. The van der Waals surface area contributed by atoms with E-state index in [0.29, 0.717) is 0 Å². The summed E-state index contributed by atoms with van der Waals surface area (Å²) >= 11 is 0. The van der Waals surface area contributed by atoms with Crippen LogP contribution in [-0.4, -0.2) is 13.1 Å². The molecule has 0 unspecified atom stereocenters. The minimum absolute atomic E-state index is 0. The fraction of sp³-hybridized carbons (Fsp3) is 0.133. The van der Waals surface area contributed by atoms with Crippen LogP contribution in [-0.2, 0) is 6.18 Å². The normalized spacial score (nSPS) is 10.6. The minimum Gasteiger partial charge on any atom is -0.545 e. The number of methoxy groups -OCH3 is 1. The first-order valence-corrected chi connectivity index (χ1v) is 6.15. The SMILES string of the molecule is COc1cccc(C(=O)[O-])c1Nc1cccc(C(F)(F)F)c1.[Na+]. The van der Waals surface area contributed by atoms with Crippen LogP contribution in [0.1, 0.15) is 15.9 Å². The number of hydrogen-bond donors (Lipinski definition) is 1. The summed E-state index contributed by atoms with van der Waals surface area (Å²) in [6.45, 7) is 0. The summed E-state index contributed by atoms with van der Waals surface area (Å²) in [5.74, 6) is -1.28. The van der Waals surface area contributed by atoms with Gasteiger partial charge in [0.1, 0.15) is 5.75 Å². The summed E-state index contributed by atoms with van der Waals surface area (Å²) in [6, 6.07) is 8.62. The number of rotatable bonds is 4. The first-order valence-electron chi connectivity index (χ1n) is 6.15. The maximum atomic E-state index is 12.7. The predicted molar refractivity (Wildman–Crippen MR) is 72.1 cm³/mol. The molecule has 2 aromatic rings. The van der Waals surface area contributed by atoms with E-state index < -0.39 is 17.7 Å². The second-order valence-electron chi connectivity index (χ2n) is 4.37. The summed E-state index contributed by atoms with van der Waals surface area (Å²) in [7, 11) is 1.33. The molecule has 2 aromatic carbocycles. The van der Waals surface area contributed by atoms with Gasteiger partial charge in [-0.05, 0) is 24.3 Å². The van der Waals surface area contributed by atoms with Crippen molar-refractivity contribution in [1.29, 1.82) is 0 Å². The number of benzene rings is 2. The summed E-state index contributed by atoms with van der Waals surface area (Å²) in [6.07, 6.45) is -4.49. The molecule has 0 saturated carbocycles. The number of carbonyl (C=O) groups is 1. The fourth-order valence-corrected chi connectivity index (χ4v) is 1.92. The molecule has 0 aliphatic heterocycles. The number of carboxylic acid groups (broad SMARTS) is 1. The smallest absolute Gasteiger partial charge is 0.545 e. The van der Waals surface area contributed by atoms with Crippen molar-refractivity contribution in [2.24, 2.45) is 0 Å². The van der Waals surface area contributed by atoms with Gasteiger partial charge in [-0.25, -0.2) is 0 Å². The zero-order chi connectivity index (χ0) is 16.3. The van der Waals surface area contributed by atoms with Crippen LogP contribution in [0.3, 0.4) is 0 Å². The van der Waals surface area contributed by atoms with Crippen molar-refractivity contribution in [1.82, 2.24) is 0 Å². The van der Waals surface area contributed by atoms with Crippen LogP contribution in [0.15, 0.2) is 42.5 Å². The molecular formula is C15H11F3NNaO3. The van der Waals surface area contributed by atoms with Crippen LogP contribution >= 0.6 is 0 Å². The number of aromatic carboxylic acids is 1. The quantitative estimate of drug-likeness (QED) is 0.789. The third-order valence-electron chi connectivity index (χ3n) is 2.93. The Balaban J connectivity index is 0.00000264. The molecule has 23 heavy (non-hydrogen) atoms. The van der Waals surface area contributed by atoms with E-state index in [2.05, 4.69) is 5.32 Å². The van der Waals surface area contributed by atoms with Crippen LogP contribution in [0.4, 0.5) is 24.5 Å². The molecule has 0 heterocycles. The minimum atomic E-state index is -4.49. The van der Waals surface area contributed by atoms with Crippen LogP contribution in [0.5, 0.6) is 5.75 Å². The van der Waals surface area contributed by atoms with Crippen molar-refractivity contribution in [2.45, 2.75) is 6.18 Å². The molecule has 0 aliphatic carbocycles. The molecule has 1 N–H and O–H groups in total. The van der Waals surface area contributed by atoms with Gasteiger partial charge in [-0.2, -0.15) is 13.2 Å². The molecular weight excluding hydrogens is 322 g/mol. The van der Waals surface area contributed by atoms with E-state index in [1.165, 1.54) is 37.4 Å². The van der Waals surface area contributed by atoms with Gasteiger partial charge in [-0.3, -0.25) is 0 Å². The van der Waals surface area contributed by atoms with Gasteiger partial charge in [0.2, 0.25) is 0 Å². The number of ether oxygens (including phenoxy) is 1. The Hall–Kier alpha value is -1.70. The number of para-hydroxylation sites is 1. The number of hydrogen-bond acceptors (Lipinski definition) is 4. The van der Waals surface area contributed by atoms with Crippen molar-refractivity contribution < 1.29 is 57.4 Å². The summed E-state index contributed by atoms with van der Waals surface area (Å²) in [4.78, 5) is 11.1. The van der Waals surface area contributed by atoms with E-state index in [-0.39, 0.29) is 52.2 Å². The Morgan fingerprint density at radius 3 is 2.39 bits per heavy atom. The monoisotopic (exact) mass is 333 g/mol. The second kappa shape index (κ2) is 7.72. The van der Waals surface area contributed by atoms with Crippen LogP contribution in [0.25, 0.3) is 0 Å². The maximum Gasteiger partial charge on any atom is 1.00 e. The molecule has 0 spiro atoms. The topological polar surface area (TPSA) is 61.4 Å². The Morgan fingerprint density at radius 2 is 1.83 bits per heavy atom. The average Bonchev–Trinajstić information content (AvgIpc) is 2.46. The molecule has 116 valence electrons. The zero-order valence-corrected chi connectivity index (χ0v) is 14.4. The van der Waals surface area contributed by atoms with Crippen LogP contribution in [0, 0.1) is 0 Å². The molecule has 0 saturated heterocycles. The Kier molecular flexibility index (Phi) is 6.49. The summed E-state index contributed by atoms with van der Waals surface area (Å²) < 4.78 is 43.1. The molecule has 2 rings (SSSR count). The van der Waals surface area contributed by atoms with Gasteiger partial charge in [0, 0.05) is 11.3 Å². The molecule has 0 radical (unpaired) electrons. The molecule has 0 aliphatic rings. The van der Waals surface area contributed by atoms with Gasteiger partial charge in [0.05, 0.1) is 24.3 Å². The van der Waals surface area contributed by atoms with Crippen LogP contribution in [0.2, 0.25) is 0 Å². The number of carboxylic acids is 1. The largest absolute Gasteiger partial charge is 1.00 e. The Morgan fingerprint density at radius 1 is 1.17 bits per heavy atom. The van der Waals surface area contributed by atoms with Crippen molar-refractivity contribution in [3.63, 3.8) is 0 Å². The molecule has 0 amide bonds. The molecule has 0 fully saturated rings. The third-order valence-corrected chi connectivity index (χ3v) is 2.93. The fourth-order valence-electron chi connectivity index (χ4n) is 1.92. The first kappa shape index (κ1) is 19.3. The van der Waals surface area contributed by atoms with Gasteiger partial charge in [-0.15, -0.1) is 0 Å². The van der Waals surface area contributed by atoms with E-state index >= 15 is 0 Å². The van der Waals surface area contributed by atoms with E-state index in [4.69, 9.17) is 4.74 Å². The number of carbonyl (C=O) groups excluding carboxylic acids is 1. The number of nitrogens with one attached hydrogen (secondary N) is 1. The zero-order valence-electron chi connectivity index (χ0n) is 12.4. The Labute approximate surface area is 152 Å². The number of halogens is 3. The molecule has 8 heteroatoms. The van der Waals surface area contributed by atoms with Crippen molar-refractivity contribution in [2.75, 3.05) is 12.4 Å². The van der Waals surface area contributed by atoms with Crippen molar-refractivity contribution >= 4 is 17.3 Å². The maximum absolute atomic E-state index is 12.7. The van der Waals surface area contributed by atoms with Gasteiger partial charge in [0.15, 0.2) is 0 Å². The molecule has 0 bridgehead atoms. The number of alkyl halides is 3. The van der Waals surface area contributed by atoms with E-state index in [9.17, 15) is 23.1 Å². The molecule has 4 nitrogen and oxygen atoms in total. The molecule has 0 aromatic heterocycles. The average molecular weight is 333 g/mol. The Bertz CT molecular complexity index is 705. The number of anilines is 2. The second-order valence-corrected chi connectivity index (χ2v) is 4.37. The van der Waals surface area contributed by atoms with Crippen molar-refractivity contribution in [3.8, 4) is 5.75 Å². The van der Waals surface area contributed by atoms with Gasteiger partial charge >= 0.3 is 35.7 Å². The van der Waals surface area contributed by atoms with Gasteiger partial charge in [0.25, 0.3) is 0 Å². The first-order chi connectivity index (χ1) is 10.3. The van der Waals surface area contributed by atoms with Gasteiger partial charge in [-0.1, -0.05) is 18.2 Å². The van der Waals surface area contributed by atoms with E-state index in [1.54, 1.807) is 0 Å². The van der Waals surface area contributed by atoms with Gasteiger partial charge < -0.3 is 20.0 Å². The predicted octanol–water partition coefficient (Wildman–Crippen LogP) is -0.175. The summed E-state index contributed by atoms with van der Waals surface area (Å²) in [5, 5.41) is 13.8. The summed E-state index contributed by atoms with van der Waals surface area (Å²) in [5.41, 5.74) is -0.940. The van der Waals surface area contributed by atoms with E-state index in [1.807, 2.05) is 0 Å². The van der Waals surface area contributed by atoms with Crippen LogP contribution < -0.4 is 44.7 Å². The van der Waals surface area contributed by atoms with Crippen molar-refractivity contribution in [3.05, 3.63) is 53.6 Å². The molecule has 0 atom stereocenters. The third kappa shape index (κ3) is 4.63. The van der Waals surface area contributed by atoms with E-state index in [0.717, 1.165) is 12.1 Å².